The fraction of sp³-hybridized carbons (Fsp3) is 0.250. The van der Waals surface area contributed by atoms with Crippen LogP contribution in [0, 0.1) is 0 Å². The van der Waals surface area contributed by atoms with Crippen LogP contribution in [0.4, 0.5) is 0 Å². The Hall–Kier alpha value is -1.97. The number of rotatable bonds is 4. The van der Waals surface area contributed by atoms with Gasteiger partial charge in [-0.3, -0.25) is 0 Å². The van der Waals surface area contributed by atoms with Gasteiger partial charge in [-0.1, -0.05) is 18.2 Å². The van der Waals surface area contributed by atoms with Gasteiger partial charge in [-0.2, -0.15) is 0 Å². The van der Waals surface area contributed by atoms with Gasteiger partial charge in [0.2, 0.25) is 0 Å². The van der Waals surface area contributed by atoms with Crippen molar-refractivity contribution in [2.45, 2.75) is 20.0 Å². The number of benzene rings is 1. The molecule has 0 amide bonds. The van der Waals surface area contributed by atoms with E-state index in [0.29, 0.717) is 11.3 Å². The minimum atomic E-state index is -1.14. The van der Waals surface area contributed by atoms with Gasteiger partial charge in [0.25, 0.3) is 0 Å². The second-order valence-corrected chi connectivity index (χ2v) is 3.61. The first kappa shape index (κ1) is 12.1. The van der Waals surface area contributed by atoms with Crippen LogP contribution < -0.4 is 10.5 Å². The highest BCUT2D eigenvalue weighted by Gasteiger charge is 2.06. The molecule has 0 radical (unpaired) electrons. The summed E-state index contributed by atoms with van der Waals surface area (Å²) >= 11 is 0. The van der Waals surface area contributed by atoms with Crippen molar-refractivity contribution in [3.05, 3.63) is 35.5 Å². The Labute approximate surface area is 94.3 Å². The molecule has 0 aliphatic carbocycles. The summed E-state index contributed by atoms with van der Waals surface area (Å²) in [5.41, 5.74) is 5.81. The lowest BCUT2D eigenvalue weighted by molar-refractivity contribution is -0.132. The third-order valence-corrected chi connectivity index (χ3v) is 1.84. The van der Waals surface area contributed by atoms with Gasteiger partial charge in [-0.15, -0.1) is 0 Å². The molecule has 1 rings (SSSR count). The molecule has 0 saturated heterocycles. The molecule has 0 aliphatic rings. The number of carbonyl (C=O) groups is 1. The first-order valence-corrected chi connectivity index (χ1v) is 4.97. The van der Waals surface area contributed by atoms with Crippen molar-refractivity contribution in [3.63, 3.8) is 0 Å². The van der Waals surface area contributed by atoms with E-state index in [0.717, 1.165) is 0 Å². The van der Waals surface area contributed by atoms with Crippen LogP contribution >= 0.6 is 0 Å². The Morgan fingerprint density at radius 1 is 1.44 bits per heavy atom. The van der Waals surface area contributed by atoms with Crippen LogP contribution in [0.25, 0.3) is 6.08 Å². The smallest absolute Gasteiger partial charge is 0.351 e. The van der Waals surface area contributed by atoms with Crippen molar-refractivity contribution in [3.8, 4) is 5.75 Å². The number of ether oxygens (including phenoxy) is 1. The molecule has 0 spiro atoms. The molecule has 0 saturated carbocycles. The van der Waals surface area contributed by atoms with Crippen LogP contribution in [0.5, 0.6) is 5.75 Å². The zero-order chi connectivity index (χ0) is 12.1. The molecule has 0 atom stereocenters. The normalized spacial score (nSPS) is 11.6. The molecule has 0 unspecified atom stereocenters. The van der Waals surface area contributed by atoms with E-state index in [1.165, 1.54) is 6.08 Å². The van der Waals surface area contributed by atoms with Gasteiger partial charge in [0.15, 0.2) is 0 Å². The maximum absolute atomic E-state index is 10.6. The van der Waals surface area contributed by atoms with Crippen molar-refractivity contribution >= 4 is 12.0 Å². The van der Waals surface area contributed by atoms with Crippen LogP contribution in [0.1, 0.15) is 19.4 Å². The molecule has 0 heterocycles. The molecule has 4 heteroatoms. The second kappa shape index (κ2) is 5.21. The first-order chi connectivity index (χ1) is 7.50. The lowest BCUT2D eigenvalue weighted by Crippen LogP contribution is -2.10. The maximum Gasteiger partial charge on any atom is 0.351 e. The van der Waals surface area contributed by atoms with E-state index >= 15 is 0 Å². The van der Waals surface area contributed by atoms with E-state index in [2.05, 4.69) is 0 Å². The predicted octanol–water partition coefficient (Wildman–Crippen LogP) is 1.86. The fourth-order valence-electron chi connectivity index (χ4n) is 1.19. The van der Waals surface area contributed by atoms with E-state index in [1.54, 1.807) is 18.2 Å². The topological polar surface area (TPSA) is 72.5 Å². The van der Waals surface area contributed by atoms with Crippen molar-refractivity contribution < 1.29 is 14.6 Å². The highest BCUT2D eigenvalue weighted by atomic mass is 16.5. The molecule has 86 valence electrons. The van der Waals surface area contributed by atoms with Crippen molar-refractivity contribution in [1.82, 2.24) is 0 Å². The molecule has 1 aromatic rings. The molecule has 3 N–H and O–H groups in total. The average molecular weight is 221 g/mol. The predicted molar refractivity (Wildman–Crippen MR) is 62.0 cm³/mol. The van der Waals surface area contributed by atoms with Gasteiger partial charge < -0.3 is 15.6 Å². The summed E-state index contributed by atoms with van der Waals surface area (Å²) in [6.07, 6.45) is 1.42. The number of hydrogen-bond donors (Lipinski definition) is 2. The molecule has 0 aliphatic heterocycles. The van der Waals surface area contributed by atoms with Gasteiger partial charge in [-0.25, -0.2) is 4.79 Å². The SMILES string of the molecule is CC(C)Oc1ccccc1/C=C(/N)C(=O)O. The Balaban J connectivity index is 3.04. The highest BCUT2D eigenvalue weighted by Crippen LogP contribution is 2.21. The van der Waals surface area contributed by atoms with E-state index < -0.39 is 5.97 Å². The summed E-state index contributed by atoms with van der Waals surface area (Å²) in [4.78, 5) is 10.6. The molecule has 1 aromatic carbocycles. The number of aliphatic carboxylic acids is 1. The van der Waals surface area contributed by atoms with Gasteiger partial charge in [0, 0.05) is 5.56 Å². The summed E-state index contributed by atoms with van der Waals surface area (Å²) in [5.74, 6) is -0.513. The third kappa shape index (κ3) is 3.31. The van der Waals surface area contributed by atoms with Crippen LogP contribution in [0.3, 0.4) is 0 Å². The lowest BCUT2D eigenvalue weighted by atomic mass is 10.1. The Morgan fingerprint density at radius 3 is 2.62 bits per heavy atom. The second-order valence-electron chi connectivity index (χ2n) is 3.61. The lowest BCUT2D eigenvalue weighted by Gasteiger charge is -2.12. The molecule has 0 aromatic heterocycles. The van der Waals surface area contributed by atoms with Gasteiger partial charge in [0.05, 0.1) is 6.10 Å². The van der Waals surface area contributed by atoms with E-state index in [9.17, 15) is 4.79 Å². The average Bonchev–Trinajstić information content (AvgIpc) is 2.20. The Kier molecular flexibility index (Phi) is 3.94. The van der Waals surface area contributed by atoms with Gasteiger partial charge >= 0.3 is 5.97 Å². The molecule has 4 nitrogen and oxygen atoms in total. The Bertz CT molecular complexity index is 410. The summed E-state index contributed by atoms with van der Waals surface area (Å²) in [5, 5.41) is 8.68. The fourth-order valence-corrected chi connectivity index (χ4v) is 1.19. The van der Waals surface area contributed by atoms with Crippen LogP contribution in [0.2, 0.25) is 0 Å². The number of hydrogen-bond acceptors (Lipinski definition) is 3. The largest absolute Gasteiger partial charge is 0.490 e. The van der Waals surface area contributed by atoms with Crippen molar-refractivity contribution in [2.75, 3.05) is 0 Å². The maximum atomic E-state index is 10.6. The summed E-state index contributed by atoms with van der Waals surface area (Å²) in [7, 11) is 0. The molecule has 16 heavy (non-hydrogen) atoms. The summed E-state index contributed by atoms with van der Waals surface area (Å²) in [6.45, 7) is 3.81. The summed E-state index contributed by atoms with van der Waals surface area (Å²) in [6, 6.07) is 7.16. The van der Waals surface area contributed by atoms with Crippen LogP contribution in [-0.4, -0.2) is 17.2 Å². The zero-order valence-electron chi connectivity index (χ0n) is 9.31. The third-order valence-electron chi connectivity index (χ3n) is 1.84. The van der Waals surface area contributed by atoms with Crippen molar-refractivity contribution in [1.29, 1.82) is 0 Å². The first-order valence-electron chi connectivity index (χ1n) is 4.97. The number of para-hydroxylation sites is 1. The zero-order valence-corrected chi connectivity index (χ0v) is 9.31. The minimum Gasteiger partial charge on any atom is -0.490 e. The number of carboxylic acid groups (broad SMARTS) is 1. The van der Waals surface area contributed by atoms with E-state index in [1.807, 2.05) is 19.9 Å². The quantitative estimate of drug-likeness (QED) is 0.761. The summed E-state index contributed by atoms with van der Waals surface area (Å²) < 4.78 is 5.53. The number of carboxylic acids is 1. The van der Waals surface area contributed by atoms with Gasteiger partial charge in [0.1, 0.15) is 11.4 Å². The highest BCUT2D eigenvalue weighted by molar-refractivity contribution is 5.91. The molecule has 0 bridgehead atoms. The van der Waals surface area contributed by atoms with Crippen molar-refractivity contribution in [2.24, 2.45) is 5.73 Å². The van der Waals surface area contributed by atoms with Gasteiger partial charge in [-0.05, 0) is 26.0 Å². The van der Waals surface area contributed by atoms with Crippen LogP contribution in [0.15, 0.2) is 30.0 Å². The van der Waals surface area contributed by atoms with E-state index in [4.69, 9.17) is 15.6 Å². The van der Waals surface area contributed by atoms with E-state index in [-0.39, 0.29) is 11.8 Å². The number of nitrogens with two attached hydrogens (primary N) is 1. The molecule has 0 fully saturated rings. The Morgan fingerprint density at radius 2 is 2.06 bits per heavy atom. The monoisotopic (exact) mass is 221 g/mol. The minimum absolute atomic E-state index is 0.0283. The molecular weight excluding hydrogens is 206 g/mol. The van der Waals surface area contributed by atoms with Crippen LogP contribution in [-0.2, 0) is 4.79 Å². The standard InChI is InChI=1S/C12H15NO3/c1-8(2)16-11-6-4-3-5-9(11)7-10(13)12(14)15/h3-8H,13H2,1-2H3,(H,14,15)/b10-7+. The molecular formula is C12H15NO3.